The Morgan fingerprint density at radius 1 is 1.46 bits per heavy atom. The Bertz CT molecular complexity index is 550. The summed E-state index contributed by atoms with van der Waals surface area (Å²) in [5, 5.41) is 11.8. The molecule has 132 valence electrons. The smallest absolute Gasteiger partial charge is 0.350 e. The third-order valence-corrected chi connectivity index (χ3v) is 3.22. The Labute approximate surface area is 141 Å². The SMILES string of the molecule is CCOC(=O)/C(C#N)=C/N1CCNC(=O)C1CC(=O)OCC(C)C. The zero-order valence-corrected chi connectivity index (χ0v) is 14.2. The van der Waals surface area contributed by atoms with Gasteiger partial charge in [-0.3, -0.25) is 9.59 Å². The normalized spacial score (nSPS) is 18.0. The van der Waals surface area contributed by atoms with E-state index in [9.17, 15) is 14.4 Å². The molecular weight excluding hydrogens is 314 g/mol. The lowest BCUT2D eigenvalue weighted by molar-refractivity contribution is -0.148. The highest BCUT2D eigenvalue weighted by Gasteiger charge is 2.31. The molecule has 8 nitrogen and oxygen atoms in total. The monoisotopic (exact) mass is 337 g/mol. The fourth-order valence-corrected chi connectivity index (χ4v) is 2.08. The van der Waals surface area contributed by atoms with Gasteiger partial charge in [0, 0.05) is 19.3 Å². The largest absolute Gasteiger partial charge is 0.465 e. The molecule has 0 saturated carbocycles. The molecule has 8 heteroatoms. The van der Waals surface area contributed by atoms with Gasteiger partial charge in [-0.25, -0.2) is 4.79 Å². The van der Waals surface area contributed by atoms with Crippen molar-refractivity contribution in [2.45, 2.75) is 33.2 Å². The van der Waals surface area contributed by atoms with Crippen molar-refractivity contribution in [3.8, 4) is 6.07 Å². The van der Waals surface area contributed by atoms with E-state index < -0.39 is 18.0 Å². The number of hydrogen-bond acceptors (Lipinski definition) is 7. The third kappa shape index (κ3) is 5.91. The van der Waals surface area contributed by atoms with Gasteiger partial charge in [-0.15, -0.1) is 0 Å². The molecule has 1 aliphatic heterocycles. The van der Waals surface area contributed by atoms with E-state index in [-0.39, 0.29) is 37.0 Å². The van der Waals surface area contributed by atoms with Crippen molar-refractivity contribution in [3.05, 3.63) is 11.8 Å². The molecule has 0 bridgehead atoms. The first-order valence-corrected chi connectivity index (χ1v) is 7.87. The second-order valence-electron chi connectivity index (χ2n) is 5.70. The van der Waals surface area contributed by atoms with Crippen LogP contribution in [0.3, 0.4) is 0 Å². The lowest BCUT2D eigenvalue weighted by atomic mass is 10.1. The molecule has 1 fully saturated rings. The Balaban J connectivity index is 2.85. The van der Waals surface area contributed by atoms with Gasteiger partial charge in [0.05, 0.1) is 19.6 Å². The zero-order chi connectivity index (χ0) is 18.1. The van der Waals surface area contributed by atoms with Gasteiger partial charge in [0.15, 0.2) is 5.57 Å². The van der Waals surface area contributed by atoms with Gasteiger partial charge in [0.2, 0.25) is 5.91 Å². The lowest BCUT2D eigenvalue weighted by Gasteiger charge is -2.33. The van der Waals surface area contributed by atoms with E-state index in [1.165, 1.54) is 11.1 Å². The number of nitrogens with one attached hydrogen (secondary N) is 1. The minimum Gasteiger partial charge on any atom is -0.465 e. The Morgan fingerprint density at radius 2 is 2.17 bits per heavy atom. The number of piperazine rings is 1. The van der Waals surface area contributed by atoms with E-state index in [2.05, 4.69) is 5.32 Å². The number of esters is 2. The van der Waals surface area contributed by atoms with Gasteiger partial charge < -0.3 is 19.7 Å². The van der Waals surface area contributed by atoms with Crippen LogP contribution in [0.2, 0.25) is 0 Å². The summed E-state index contributed by atoms with van der Waals surface area (Å²) >= 11 is 0. The molecule has 0 spiro atoms. The van der Waals surface area contributed by atoms with Crippen LogP contribution < -0.4 is 5.32 Å². The molecule has 1 amide bonds. The highest BCUT2D eigenvalue weighted by molar-refractivity contribution is 5.93. The molecule has 0 aromatic heterocycles. The van der Waals surface area contributed by atoms with Crippen molar-refractivity contribution in [1.29, 1.82) is 5.26 Å². The standard InChI is InChI=1S/C16H23N3O5/c1-4-23-16(22)12(8-17)9-19-6-5-18-15(21)13(19)7-14(20)24-10-11(2)3/h9,11,13H,4-7,10H2,1-3H3,(H,18,21)/b12-9+. The summed E-state index contributed by atoms with van der Waals surface area (Å²) in [5.41, 5.74) is -0.216. The van der Waals surface area contributed by atoms with Crippen molar-refractivity contribution in [2.24, 2.45) is 5.92 Å². The first-order chi connectivity index (χ1) is 11.4. The van der Waals surface area contributed by atoms with Crippen LogP contribution >= 0.6 is 0 Å². The van der Waals surface area contributed by atoms with E-state index in [1.807, 2.05) is 13.8 Å². The summed E-state index contributed by atoms with van der Waals surface area (Å²) in [6.07, 6.45) is 1.12. The Morgan fingerprint density at radius 3 is 2.75 bits per heavy atom. The number of rotatable bonds is 7. The van der Waals surface area contributed by atoms with E-state index in [1.54, 1.807) is 13.0 Å². The molecule has 1 heterocycles. The van der Waals surface area contributed by atoms with Crippen LogP contribution in [0.15, 0.2) is 11.8 Å². The van der Waals surface area contributed by atoms with E-state index in [4.69, 9.17) is 14.7 Å². The van der Waals surface area contributed by atoms with Gasteiger partial charge in [0.25, 0.3) is 0 Å². The molecule has 1 saturated heterocycles. The van der Waals surface area contributed by atoms with Crippen LogP contribution in [-0.2, 0) is 23.9 Å². The van der Waals surface area contributed by atoms with Crippen molar-refractivity contribution in [1.82, 2.24) is 10.2 Å². The molecule has 0 radical (unpaired) electrons. The maximum Gasteiger partial charge on any atom is 0.350 e. The molecular formula is C16H23N3O5. The van der Waals surface area contributed by atoms with Crippen LogP contribution in [0, 0.1) is 17.2 Å². The second kappa shape index (κ2) is 9.55. The predicted molar refractivity (Wildman–Crippen MR) is 84.2 cm³/mol. The minimum absolute atomic E-state index is 0.142. The highest BCUT2D eigenvalue weighted by atomic mass is 16.5. The molecule has 24 heavy (non-hydrogen) atoms. The van der Waals surface area contributed by atoms with Crippen molar-refractivity contribution < 1.29 is 23.9 Å². The van der Waals surface area contributed by atoms with E-state index in [0.717, 1.165) is 0 Å². The maximum absolute atomic E-state index is 12.1. The number of nitrogens with zero attached hydrogens (tertiary/aromatic N) is 2. The third-order valence-electron chi connectivity index (χ3n) is 3.22. The number of ether oxygens (including phenoxy) is 2. The van der Waals surface area contributed by atoms with E-state index >= 15 is 0 Å². The number of amides is 1. The van der Waals surface area contributed by atoms with Gasteiger partial charge >= 0.3 is 11.9 Å². The fourth-order valence-electron chi connectivity index (χ4n) is 2.08. The van der Waals surface area contributed by atoms with Crippen LogP contribution in [-0.4, -0.2) is 55.1 Å². The fraction of sp³-hybridized carbons (Fsp3) is 0.625. The molecule has 0 aromatic rings. The quantitative estimate of drug-likeness (QED) is 0.405. The Hall–Kier alpha value is -2.56. The van der Waals surface area contributed by atoms with Gasteiger partial charge in [0.1, 0.15) is 12.1 Å². The molecule has 0 aliphatic carbocycles. The first-order valence-electron chi connectivity index (χ1n) is 7.87. The van der Waals surface area contributed by atoms with Gasteiger partial charge in [-0.2, -0.15) is 5.26 Å². The van der Waals surface area contributed by atoms with Crippen molar-refractivity contribution in [3.63, 3.8) is 0 Å². The number of hydrogen-bond donors (Lipinski definition) is 1. The number of nitriles is 1. The van der Waals surface area contributed by atoms with Crippen molar-refractivity contribution >= 4 is 17.8 Å². The lowest BCUT2D eigenvalue weighted by Crippen LogP contribution is -2.54. The summed E-state index contributed by atoms with van der Waals surface area (Å²) in [6.45, 7) is 6.60. The predicted octanol–water partition coefficient (Wildman–Crippen LogP) is 0.347. The highest BCUT2D eigenvalue weighted by Crippen LogP contribution is 2.13. The average molecular weight is 337 g/mol. The molecule has 1 atom stereocenters. The van der Waals surface area contributed by atoms with Crippen molar-refractivity contribution in [2.75, 3.05) is 26.3 Å². The summed E-state index contributed by atoms with van der Waals surface area (Å²) < 4.78 is 9.89. The number of carbonyl (C=O) groups excluding carboxylic acids is 3. The van der Waals surface area contributed by atoms with Gasteiger partial charge in [-0.05, 0) is 12.8 Å². The molecule has 1 aliphatic rings. The summed E-state index contributed by atoms with van der Waals surface area (Å²) in [6, 6.07) is 0.937. The average Bonchev–Trinajstić information content (AvgIpc) is 2.53. The summed E-state index contributed by atoms with van der Waals surface area (Å²) in [7, 11) is 0. The van der Waals surface area contributed by atoms with Crippen LogP contribution in [0.25, 0.3) is 0 Å². The second-order valence-corrected chi connectivity index (χ2v) is 5.70. The van der Waals surface area contributed by atoms with Crippen LogP contribution in [0.1, 0.15) is 27.2 Å². The van der Waals surface area contributed by atoms with Crippen LogP contribution in [0.5, 0.6) is 0 Å². The first kappa shape index (κ1) is 19.5. The molecule has 1 unspecified atom stereocenters. The van der Waals surface area contributed by atoms with Crippen LogP contribution in [0.4, 0.5) is 0 Å². The number of carbonyl (C=O) groups is 3. The van der Waals surface area contributed by atoms with Gasteiger partial charge in [-0.1, -0.05) is 13.8 Å². The minimum atomic E-state index is -0.823. The van der Waals surface area contributed by atoms with E-state index in [0.29, 0.717) is 13.1 Å². The Kier molecular flexibility index (Phi) is 7.75. The molecule has 1 N–H and O–H groups in total. The summed E-state index contributed by atoms with van der Waals surface area (Å²) in [4.78, 5) is 37.2. The summed E-state index contributed by atoms with van der Waals surface area (Å²) in [5.74, 6) is -1.41. The molecule has 1 rings (SSSR count). The topological polar surface area (TPSA) is 109 Å². The molecule has 0 aromatic carbocycles. The maximum atomic E-state index is 12.1. The zero-order valence-electron chi connectivity index (χ0n) is 14.2.